The van der Waals surface area contributed by atoms with Gasteiger partial charge in [-0.1, -0.05) is 6.92 Å². The number of carbonyl (C=O) groups excluding carboxylic acids is 1. The molecule has 1 unspecified atom stereocenters. The molecule has 1 fully saturated rings. The largest absolute Gasteiger partial charge is 0.348 e. The van der Waals surface area contributed by atoms with Gasteiger partial charge in [0.1, 0.15) is 0 Å². The fourth-order valence-corrected chi connectivity index (χ4v) is 2.57. The van der Waals surface area contributed by atoms with Crippen molar-refractivity contribution < 1.29 is 4.79 Å². The third-order valence-electron chi connectivity index (χ3n) is 3.95. The standard InChI is InChI=1S/C14H29N3O/c1-5-8-17-9-6-13(7-10-17)12(2)15-11-14(18)16(3)4/h12-13,15H,5-11H2,1-4H3. The summed E-state index contributed by atoms with van der Waals surface area (Å²) in [6.45, 7) is 8.57. The quantitative estimate of drug-likeness (QED) is 0.774. The van der Waals surface area contributed by atoms with E-state index in [4.69, 9.17) is 0 Å². The predicted molar refractivity (Wildman–Crippen MR) is 75.6 cm³/mol. The van der Waals surface area contributed by atoms with Crippen molar-refractivity contribution in [1.29, 1.82) is 0 Å². The van der Waals surface area contributed by atoms with Crippen LogP contribution in [-0.2, 0) is 4.79 Å². The number of hydrogen-bond acceptors (Lipinski definition) is 3. The van der Waals surface area contributed by atoms with Gasteiger partial charge in [0, 0.05) is 20.1 Å². The molecule has 0 bridgehead atoms. The van der Waals surface area contributed by atoms with Gasteiger partial charge in [-0.15, -0.1) is 0 Å². The molecule has 0 aromatic rings. The molecule has 1 saturated heterocycles. The first-order chi connectivity index (χ1) is 8.54. The van der Waals surface area contributed by atoms with Crippen LogP contribution in [0, 0.1) is 5.92 Å². The average Bonchev–Trinajstić information content (AvgIpc) is 2.36. The van der Waals surface area contributed by atoms with Crippen molar-refractivity contribution in [3.8, 4) is 0 Å². The molecule has 1 N–H and O–H groups in total. The number of nitrogens with one attached hydrogen (secondary N) is 1. The first-order valence-electron chi connectivity index (χ1n) is 7.20. The van der Waals surface area contributed by atoms with E-state index in [-0.39, 0.29) is 5.91 Å². The van der Waals surface area contributed by atoms with Crippen molar-refractivity contribution in [2.24, 2.45) is 5.92 Å². The Morgan fingerprint density at radius 1 is 1.39 bits per heavy atom. The summed E-state index contributed by atoms with van der Waals surface area (Å²) in [5.74, 6) is 0.873. The number of likely N-dealkylation sites (N-methyl/N-ethyl adjacent to an activating group) is 1. The van der Waals surface area contributed by atoms with Crippen LogP contribution in [0.1, 0.15) is 33.1 Å². The van der Waals surface area contributed by atoms with Crippen molar-refractivity contribution in [1.82, 2.24) is 15.1 Å². The molecule has 0 saturated carbocycles. The Hall–Kier alpha value is -0.610. The van der Waals surface area contributed by atoms with Crippen LogP contribution in [0.3, 0.4) is 0 Å². The smallest absolute Gasteiger partial charge is 0.236 e. The zero-order valence-electron chi connectivity index (χ0n) is 12.4. The van der Waals surface area contributed by atoms with Gasteiger partial charge in [-0.2, -0.15) is 0 Å². The Morgan fingerprint density at radius 3 is 2.50 bits per heavy atom. The van der Waals surface area contributed by atoms with Crippen LogP contribution in [0.5, 0.6) is 0 Å². The number of nitrogens with zero attached hydrogens (tertiary/aromatic N) is 2. The van der Waals surface area contributed by atoms with Crippen molar-refractivity contribution in [3.63, 3.8) is 0 Å². The SMILES string of the molecule is CCCN1CCC(C(C)NCC(=O)N(C)C)CC1. The van der Waals surface area contributed by atoms with Crippen LogP contribution in [0.15, 0.2) is 0 Å². The Bertz CT molecular complexity index is 247. The summed E-state index contributed by atoms with van der Waals surface area (Å²) < 4.78 is 0. The molecule has 0 spiro atoms. The Labute approximate surface area is 112 Å². The number of carbonyl (C=O) groups is 1. The first kappa shape index (κ1) is 15.4. The van der Waals surface area contributed by atoms with Crippen LogP contribution in [0.4, 0.5) is 0 Å². The minimum Gasteiger partial charge on any atom is -0.348 e. The van der Waals surface area contributed by atoms with Crippen LogP contribution in [0.25, 0.3) is 0 Å². The molecule has 1 aliphatic heterocycles. The fraction of sp³-hybridized carbons (Fsp3) is 0.929. The van der Waals surface area contributed by atoms with E-state index in [1.165, 1.54) is 38.9 Å². The fourth-order valence-electron chi connectivity index (χ4n) is 2.57. The number of piperidine rings is 1. The highest BCUT2D eigenvalue weighted by Gasteiger charge is 2.23. The molecule has 4 heteroatoms. The molecule has 18 heavy (non-hydrogen) atoms. The molecule has 1 rings (SSSR count). The molecule has 1 aliphatic rings. The third kappa shape index (κ3) is 4.94. The molecule has 106 valence electrons. The molecular weight excluding hydrogens is 226 g/mol. The van der Waals surface area contributed by atoms with Crippen molar-refractivity contribution >= 4 is 5.91 Å². The van der Waals surface area contributed by atoms with Crippen molar-refractivity contribution in [3.05, 3.63) is 0 Å². The lowest BCUT2D eigenvalue weighted by Gasteiger charge is -2.35. The minimum absolute atomic E-state index is 0.158. The lowest BCUT2D eigenvalue weighted by molar-refractivity contribution is -0.127. The maximum absolute atomic E-state index is 11.5. The molecule has 1 amide bonds. The first-order valence-corrected chi connectivity index (χ1v) is 7.20. The lowest BCUT2D eigenvalue weighted by Crippen LogP contribution is -2.45. The van der Waals surface area contributed by atoms with E-state index in [2.05, 4.69) is 24.1 Å². The molecule has 0 aromatic heterocycles. The van der Waals surface area contributed by atoms with Gasteiger partial charge in [-0.25, -0.2) is 0 Å². The second-order valence-corrected chi connectivity index (χ2v) is 5.64. The average molecular weight is 255 g/mol. The third-order valence-corrected chi connectivity index (χ3v) is 3.95. The molecule has 1 atom stereocenters. The number of likely N-dealkylation sites (tertiary alicyclic amines) is 1. The zero-order valence-corrected chi connectivity index (χ0v) is 12.4. The Kier molecular flexibility index (Phi) is 6.65. The highest BCUT2D eigenvalue weighted by molar-refractivity contribution is 5.77. The maximum Gasteiger partial charge on any atom is 0.236 e. The summed E-state index contributed by atoms with van der Waals surface area (Å²) in [6.07, 6.45) is 3.75. The highest BCUT2D eigenvalue weighted by Crippen LogP contribution is 2.20. The minimum atomic E-state index is 0.158. The van der Waals surface area contributed by atoms with Crippen molar-refractivity contribution in [2.45, 2.75) is 39.2 Å². The molecule has 0 aromatic carbocycles. The van der Waals surface area contributed by atoms with Gasteiger partial charge in [0.2, 0.25) is 5.91 Å². The Balaban J connectivity index is 2.23. The Morgan fingerprint density at radius 2 is 2.00 bits per heavy atom. The second-order valence-electron chi connectivity index (χ2n) is 5.64. The van der Waals surface area contributed by atoms with Gasteiger partial charge in [0.15, 0.2) is 0 Å². The van der Waals surface area contributed by atoms with Gasteiger partial charge in [0.05, 0.1) is 6.54 Å². The summed E-state index contributed by atoms with van der Waals surface area (Å²) in [5, 5.41) is 3.37. The summed E-state index contributed by atoms with van der Waals surface area (Å²) in [5.41, 5.74) is 0. The second kappa shape index (κ2) is 7.74. The monoisotopic (exact) mass is 255 g/mol. The molecule has 4 nitrogen and oxygen atoms in total. The van der Waals surface area contributed by atoms with E-state index in [0.717, 1.165) is 0 Å². The van der Waals surface area contributed by atoms with E-state index in [0.29, 0.717) is 18.5 Å². The summed E-state index contributed by atoms with van der Waals surface area (Å²) in [6, 6.07) is 0.442. The van der Waals surface area contributed by atoms with Gasteiger partial charge in [-0.3, -0.25) is 4.79 Å². The van der Waals surface area contributed by atoms with Crippen LogP contribution >= 0.6 is 0 Å². The molecule has 0 radical (unpaired) electrons. The van der Waals surface area contributed by atoms with Crippen LogP contribution < -0.4 is 5.32 Å². The zero-order chi connectivity index (χ0) is 13.5. The number of rotatable bonds is 6. The van der Waals surface area contributed by atoms with E-state index in [1.807, 2.05) is 0 Å². The maximum atomic E-state index is 11.5. The summed E-state index contributed by atoms with van der Waals surface area (Å²) >= 11 is 0. The van der Waals surface area contributed by atoms with Crippen LogP contribution in [0.2, 0.25) is 0 Å². The molecule has 1 heterocycles. The number of hydrogen-bond donors (Lipinski definition) is 1. The number of amides is 1. The lowest BCUT2D eigenvalue weighted by atomic mass is 9.90. The molecular formula is C14H29N3O. The van der Waals surface area contributed by atoms with Gasteiger partial charge in [-0.05, 0) is 51.7 Å². The van der Waals surface area contributed by atoms with Crippen LogP contribution in [-0.4, -0.2) is 62.0 Å². The van der Waals surface area contributed by atoms with Gasteiger partial charge < -0.3 is 15.1 Å². The van der Waals surface area contributed by atoms with Crippen molar-refractivity contribution in [2.75, 3.05) is 40.3 Å². The van der Waals surface area contributed by atoms with E-state index >= 15 is 0 Å². The van der Waals surface area contributed by atoms with Gasteiger partial charge in [0.25, 0.3) is 0 Å². The summed E-state index contributed by atoms with van der Waals surface area (Å²) in [7, 11) is 3.61. The van der Waals surface area contributed by atoms with E-state index in [9.17, 15) is 4.79 Å². The van der Waals surface area contributed by atoms with E-state index < -0.39 is 0 Å². The summed E-state index contributed by atoms with van der Waals surface area (Å²) in [4.78, 5) is 15.7. The molecule has 0 aliphatic carbocycles. The topological polar surface area (TPSA) is 35.6 Å². The van der Waals surface area contributed by atoms with Gasteiger partial charge >= 0.3 is 0 Å². The normalized spacial score (nSPS) is 19.8. The van der Waals surface area contributed by atoms with E-state index in [1.54, 1.807) is 19.0 Å². The highest BCUT2D eigenvalue weighted by atomic mass is 16.2. The predicted octanol–water partition coefficient (Wildman–Crippen LogP) is 1.17.